The van der Waals surface area contributed by atoms with Crippen molar-refractivity contribution in [3.63, 3.8) is 0 Å². The van der Waals surface area contributed by atoms with E-state index in [1.165, 1.54) is 5.56 Å². The number of amides is 1. The predicted octanol–water partition coefficient (Wildman–Crippen LogP) is 2.97. The lowest BCUT2D eigenvalue weighted by Crippen LogP contribution is -2.27. The topological polar surface area (TPSA) is 80.9 Å². The van der Waals surface area contributed by atoms with Gasteiger partial charge in [0.25, 0.3) is 0 Å². The summed E-state index contributed by atoms with van der Waals surface area (Å²) in [5.41, 5.74) is 3.17. The van der Waals surface area contributed by atoms with E-state index in [4.69, 9.17) is 4.52 Å². The van der Waals surface area contributed by atoms with Gasteiger partial charge in [0.2, 0.25) is 11.8 Å². The SMILES string of the molecule is CCc1ccc(-c2nc(CC(=O)NCCc3nc(C)no3)cs2)cc1. The lowest BCUT2D eigenvalue weighted by molar-refractivity contribution is -0.120. The average molecular weight is 356 g/mol. The number of carbonyl (C=O) groups is 1. The number of carbonyl (C=O) groups excluding carboxylic acids is 1. The molecule has 0 spiro atoms. The minimum Gasteiger partial charge on any atom is -0.355 e. The highest BCUT2D eigenvalue weighted by molar-refractivity contribution is 7.13. The molecule has 0 saturated carbocycles. The van der Waals surface area contributed by atoms with Crippen LogP contribution in [0.2, 0.25) is 0 Å². The molecule has 25 heavy (non-hydrogen) atoms. The molecule has 0 radical (unpaired) electrons. The first-order valence-electron chi connectivity index (χ1n) is 8.23. The highest BCUT2D eigenvalue weighted by Gasteiger charge is 2.10. The van der Waals surface area contributed by atoms with Crippen molar-refractivity contribution >= 4 is 17.2 Å². The van der Waals surface area contributed by atoms with Crippen LogP contribution in [0.1, 0.15) is 29.9 Å². The number of benzene rings is 1. The van der Waals surface area contributed by atoms with Gasteiger partial charge in [0, 0.05) is 23.9 Å². The summed E-state index contributed by atoms with van der Waals surface area (Å²) < 4.78 is 5.01. The number of hydrogen-bond donors (Lipinski definition) is 1. The monoisotopic (exact) mass is 356 g/mol. The van der Waals surface area contributed by atoms with Gasteiger partial charge in [0.1, 0.15) is 5.01 Å². The summed E-state index contributed by atoms with van der Waals surface area (Å²) in [5.74, 6) is 1.07. The van der Waals surface area contributed by atoms with Crippen LogP contribution in [-0.2, 0) is 24.1 Å². The predicted molar refractivity (Wildman–Crippen MR) is 96.4 cm³/mol. The molecule has 0 atom stereocenters. The smallest absolute Gasteiger partial charge is 0.228 e. The van der Waals surface area contributed by atoms with Gasteiger partial charge in [0.05, 0.1) is 12.1 Å². The first-order valence-corrected chi connectivity index (χ1v) is 9.11. The van der Waals surface area contributed by atoms with E-state index in [1.807, 2.05) is 5.38 Å². The van der Waals surface area contributed by atoms with Gasteiger partial charge in [-0.3, -0.25) is 4.79 Å². The van der Waals surface area contributed by atoms with E-state index in [2.05, 4.69) is 51.6 Å². The first-order chi connectivity index (χ1) is 12.1. The van der Waals surface area contributed by atoms with Crippen molar-refractivity contribution < 1.29 is 9.32 Å². The fourth-order valence-corrected chi connectivity index (χ4v) is 3.21. The molecular formula is C18H20N4O2S. The van der Waals surface area contributed by atoms with Crippen LogP contribution in [0, 0.1) is 6.92 Å². The lowest BCUT2D eigenvalue weighted by atomic mass is 10.1. The van der Waals surface area contributed by atoms with Crippen molar-refractivity contribution in [2.75, 3.05) is 6.54 Å². The highest BCUT2D eigenvalue weighted by atomic mass is 32.1. The van der Waals surface area contributed by atoms with Gasteiger partial charge in [0.15, 0.2) is 5.82 Å². The molecule has 130 valence electrons. The number of rotatable bonds is 7. The molecule has 3 rings (SSSR count). The van der Waals surface area contributed by atoms with Gasteiger partial charge in [-0.1, -0.05) is 36.3 Å². The molecule has 2 aromatic heterocycles. The Hall–Kier alpha value is -2.54. The Morgan fingerprint density at radius 2 is 2.04 bits per heavy atom. The van der Waals surface area contributed by atoms with Crippen LogP contribution in [-0.4, -0.2) is 27.6 Å². The van der Waals surface area contributed by atoms with Gasteiger partial charge >= 0.3 is 0 Å². The first kappa shape index (κ1) is 17.3. The summed E-state index contributed by atoms with van der Waals surface area (Å²) in [5, 5.41) is 9.44. The fourth-order valence-electron chi connectivity index (χ4n) is 2.38. The summed E-state index contributed by atoms with van der Waals surface area (Å²) in [6.45, 7) is 4.37. The van der Waals surface area contributed by atoms with Crippen molar-refractivity contribution in [1.29, 1.82) is 0 Å². The van der Waals surface area contributed by atoms with Crippen LogP contribution in [0.25, 0.3) is 10.6 Å². The third kappa shape index (κ3) is 4.73. The van der Waals surface area contributed by atoms with Crippen LogP contribution in [0.4, 0.5) is 0 Å². The molecule has 0 saturated heterocycles. The second-order valence-electron chi connectivity index (χ2n) is 5.71. The second-order valence-corrected chi connectivity index (χ2v) is 6.56. The molecule has 0 fully saturated rings. The number of aromatic nitrogens is 3. The zero-order valence-electron chi connectivity index (χ0n) is 14.3. The third-order valence-corrected chi connectivity index (χ3v) is 4.67. The average Bonchev–Trinajstić information content (AvgIpc) is 3.24. The number of nitrogens with one attached hydrogen (secondary N) is 1. The van der Waals surface area contributed by atoms with Crippen molar-refractivity contribution in [3.05, 3.63) is 52.6 Å². The van der Waals surface area contributed by atoms with Crippen LogP contribution >= 0.6 is 11.3 Å². The number of nitrogens with zero attached hydrogens (tertiary/aromatic N) is 3. The lowest BCUT2D eigenvalue weighted by Gasteiger charge is -2.01. The minimum atomic E-state index is -0.0607. The normalized spacial score (nSPS) is 10.8. The molecule has 1 amide bonds. The summed E-state index contributed by atoms with van der Waals surface area (Å²) in [6.07, 6.45) is 1.82. The van der Waals surface area contributed by atoms with Gasteiger partial charge < -0.3 is 9.84 Å². The number of hydrogen-bond acceptors (Lipinski definition) is 6. The van der Waals surface area contributed by atoms with Crippen LogP contribution in [0.5, 0.6) is 0 Å². The Morgan fingerprint density at radius 3 is 2.72 bits per heavy atom. The van der Waals surface area contributed by atoms with Crippen molar-refractivity contribution in [3.8, 4) is 10.6 Å². The molecule has 6 nitrogen and oxygen atoms in total. The Kier molecular flexibility index (Phi) is 5.55. The molecule has 2 heterocycles. The molecule has 0 bridgehead atoms. The molecule has 1 aromatic carbocycles. The fraction of sp³-hybridized carbons (Fsp3) is 0.333. The number of aryl methyl sites for hydroxylation is 2. The maximum Gasteiger partial charge on any atom is 0.228 e. The minimum absolute atomic E-state index is 0.0607. The molecule has 1 N–H and O–H groups in total. The van der Waals surface area contributed by atoms with E-state index >= 15 is 0 Å². The van der Waals surface area contributed by atoms with Gasteiger partial charge in [-0.05, 0) is 18.9 Å². The van der Waals surface area contributed by atoms with E-state index in [9.17, 15) is 4.79 Å². The quantitative estimate of drug-likeness (QED) is 0.704. The third-order valence-electron chi connectivity index (χ3n) is 3.73. The highest BCUT2D eigenvalue weighted by Crippen LogP contribution is 2.24. The zero-order chi connectivity index (χ0) is 17.6. The summed E-state index contributed by atoms with van der Waals surface area (Å²) in [4.78, 5) is 20.7. The van der Waals surface area contributed by atoms with E-state index < -0.39 is 0 Å². The van der Waals surface area contributed by atoms with Gasteiger partial charge in [-0.15, -0.1) is 11.3 Å². The molecule has 0 aliphatic carbocycles. The standard InChI is InChI=1S/C18H20N4O2S/c1-3-13-4-6-14(7-5-13)18-21-15(11-25-18)10-16(23)19-9-8-17-20-12(2)22-24-17/h4-7,11H,3,8-10H2,1-2H3,(H,19,23). The van der Waals surface area contributed by atoms with Crippen molar-refractivity contribution in [2.24, 2.45) is 0 Å². The van der Waals surface area contributed by atoms with E-state index in [-0.39, 0.29) is 12.3 Å². The molecule has 3 aromatic rings. The summed E-state index contributed by atoms with van der Waals surface area (Å²) in [6, 6.07) is 8.38. The van der Waals surface area contributed by atoms with Crippen LogP contribution < -0.4 is 5.32 Å². The second kappa shape index (κ2) is 8.02. The molecule has 0 unspecified atom stereocenters. The number of thiazole rings is 1. The molecule has 0 aliphatic heterocycles. The van der Waals surface area contributed by atoms with Crippen molar-refractivity contribution in [2.45, 2.75) is 33.1 Å². The molecule has 7 heteroatoms. The Morgan fingerprint density at radius 1 is 1.24 bits per heavy atom. The Balaban J connectivity index is 1.50. The van der Waals surface area contributed by atoms with Crippen molar-refractivity contribution in [1.82, 2.24) is 20.4 Å². The van der Waals surface area contributed by atoms with Crippen LogP contribution in [0.15, 0.2) is 34.2 Å². The Labute approximate surface area is 150 Å². The van der Waals surface area contributed by atoms with E-state index in [0.29, 0.717) is 24.7 Å². The Bertz CT molecular complexity index is 839. The molecular weight excluding hydrogens is 336 g/mol. The zero-order valence-corrected chi connectivity index (χ0v) is 15.1. The molecule has 0 aliphatic rings. The summed E-state index contributed by atoms with van der Waals surface area (Å²) >= 11 is 1.56. The maximum atomic E-state index is 12.0. The van der Waals surface area contributed by atoms with E-state index in [1.54, 1.807) is 18.3 Å². The van der Waals surface area contributed by atoms with Gasteiger partial charge in [-0.2, -0.15) is 4.98 Å². The van der Waals surface area contributed by atoms with Gasteiger partial charge in [-0.25, -0.2) is 4.98 Å². The largest absolute Gasteiger partial charge is 0.355 e. The summed E-state index contributed by atoms with van der Waals surface area (Å²) in [7, 11) is 0. The van der Waals surface area contributed by atoms with Crippen LogP contribution in [0.3, 0.4) is 0 Å². The van der Waals surface area contributed by atoms with E-state index in [0.717, 1.165) is 22.7 Å². The maximum absolute atomic E-state index is 12.0.